The lowest BCUT2D eigenvalue weighted by Gasteiger charge is -2.37. The maximum atomic E-state index is 14.2. The van der Waals surface area contributed by atoms with Crippen LogP contribution in [0.1, 0.15) is 44.5 Å². The maximum Gasteiger partial charge on any atom is 0.416 e. The van der Waals surface area contributed by atoms with Crippen LogP contribution in [0, 0.1) is 0 Å². The average Bonchev–Trinajstić information content (AvgIpc) is 3.70. The maximum absolute atomic E-state index is 14.2. The van der Waals surface area contributed by atoms with Gasteiger partial charge in [-0.3, -0.25) is 9.59 Å². The van der Waals surface area contributed by atoms with Crippen LogP contribution in [0.2, 0.25) is 5.02 Å². The summed E-state index contributed by atoms with van der Waals surface area (Å²) in [6, 6.07) is 8.23. The van der Waals surface area contributed by atoms with E-state index in [-0.39, 0.29) is 28.9 Å². The molecule has 0 spiro atoms. The Kier molecular flexibility index (Phi) is 8.98. The number of amides is 2. The second-order valence-electron chi connectivity index (χ2n) is 12.8. The van der Waals surface area contributed by atoms with E-state index in [0.29, 0.717) is 61.9 Å². The summed E-state index contributed by atoms with van der Waals surface area (Å²) in [5, 5.41) is 6.87. The summed E-state index contributed by atoms with van der Waals surface area (Å²) < 4.78 is 53.5. The Morgan fingerprint density at radius 3 is 2.45 bits per heavy atom. The molecule has 0 bridgehead atoms. The standard InChI is InChI=1S/C33H35ClF3N7O5/c1-5-24-27(41-11-13-42(14-12-41)31(47)49-32(2,3)4)29(46)44-30(39-28(40-44)20-7-6-19-10-15-48-25(19)16-20)43(24)18-26(45)38-23-9-8-21(17-22(23)34)33(35,36)37/h6-9,16-17H,5,10-15,18H2,1-4H3,(H,38,45). The molecule has 2 aliphatic heterocycles. The van der Waals surface area contributed by atoms with E-state index in [1.54, 1.807) is 30.2 Å². The molecule has 12 nitrogen and oxygen atoms in total. The van der Waals surface area contributed by atoms with Crippen molar-refractivity contribution in [2.45, 2.75) is 58.9 Å². The number of halogens is 4. The lowest BCUT2D eigenvalue weighted by atomic mass is 10.1. The molecule has 4 aromatic rings. The summed E-state index contributed by atoms with van der Waals surface area (Å²) in [5.74, 6) is 0.433. The Bertz CT molecular complexity index is 2000. The predicted octanol–water partition coefficient (Wildman–Crippen LogP) is 5.42. The number of hydrogen-bond acceptors (Lipinski definition) is 8. The summed E-state index contributed by atoms with van der Waals surface area (Å²) in [4.78, 5) is 48.5. The summed E-state index contributed by atoms with van der Waals surface area (Å²) in [7, 11) is 0. The van der Waals surface area contributed by atoms with Gasteiger partial charge in [0.05, 0.1) is 28.6 Å². The largest absolute Gasteiger partial charge is 0.493 e. The van der Waals surface area contributed by atoms with Gasteiger partial charge in [-0.05, 0) is 57.0 Å². The molecule has 49 heavy (non-hydrogen) atoms. The topological polar surface area (TPSA) is 123 Å². The number of fused-ring (bicyclic) bond motifs is 2. The zero-order chi connectivity index (χ0) is 35.2. The van der Waals surface area contributed by atoms with E-state index in [2.05, 4.69) is 15.4 Å². The quantitative estimate of drug-likeness (QED) is 0.283. The fourth-order valence-corrected chi connectivity index (χ4v) is 6.15. The molecule has 1 N–H and O–H groups in total. The molecule has 0 aliphatic carbocycles. The second-order valence-corrected chi connectivity index (χ2v) is 13.2. The number of nitrogens with one attached hydrogen (secondary N) is 1. The predicted molar refractivity (Wildman–Crippen MR) is 176 cm³/mol. The van der Waals surface area contributed by atoms with Gasteiger partial charge in [-0.1, -0.05) is 30.7 Å². The first-order valence-electron chi connectivity index (χ1n) is 15.8. The van der Waals surface area contributed by atoms with Crippen LogP contribution in [0.4, 0.5) is 29.3 Å². The minimum Gasteiger partial charge on any atom is -0.493 e. The molecule has 0 unspecified atom stereocenters. The van der Waals surface area contributed by atoms with Gasteiger partial charge in [0.25, 0.3) is 5.56 Å². The number of aromatic nitrogens is 4. The van der Waals surface area contributed by atoms with Gasteiger partial charge in [0.2, 0.25) is 11.7 Å². The van der Waals surface area contributed by atoms with Crippen molar-refractivity contribution in [1.29, 1.82) is 0 Å². The molecule has 6 rings (SSSR count). The van der Waals surface area contributed by atoms with E-state index >= 15 is 0 Å². The van der Waals surface area contributed by atoms with Crippen LogP contribution in [0.25, 0.3) is 17.2 Å². The van der Waals surface area contributed by atoms with Crippen molar-refractivity contribution < 1.29 is 32.2 Å². The molecular weight excluding hydrogens is 667 g/mol. The van der Waals surface area contributed by atoms with Crippen molar-refractivity contribution >= 4 is 40.8 Å². The molecule has 1 fully saturated rings. The van der Waals surface area contributed by atoms with Gasteiger partial charge in [-0.2, -0.15) is 22.7 Å². The number of benzene rings is 2. The fraction of sp³-hybridized carbons (Fsp3) is 0.424. The van der Waals surface area contributed by atoms with E-state index in [1.165, 1.54) is 0 Å². The highest BCUT2D eigenvalue weighted by Gasteiger charge is 2.32. The Labute approximate surface area is 284 Å². The molecule has 1 saturated heterocycles. The summed E-state index contributed by atoms with van der Waals surface area (Å²) in [6.07, 6.45) is -3.96. The van der Waals surface area contributed by atoms with Gasteiger partial charge < -0.3 is 29.2 Å². The molecular formula is C33H35ClF3N7O5. The van der Waals surface area contributed by atoms with Gasteiger partial charge in [0.1, 0.15) is 23.6 Å². The first-order chi connectivity index (χ1) is 23.1. The highest BCUT2D eigenvalue weighted by molar-refractivity contribution is 6.33. The molecule has 4 heterocycles. The van der Waals surface area contributed by atoms with Crippen molar-refractivity contribution in [3.05, 3.63) is 68.6 Å². The smallest absolute Gasteiger partial charge is 0.416 e. The van der Waals surface area contributed by atoms with E-state index < -0.39 is 34.9 Å². The third kappa shape index (κ3) is 7.02. The minimum atomic E-state index is -4.60. The normalized spacial score (nSPS) is 14.9. The lowest BCUT2D eigenvalue weighted by Crippen LogP contribution is -2.51. The van der Waals surface area contributed by atoms with E-state index in [4.69, 9.17) is 21.1 Å². The van der Waals surface area contributed by atoms with Crippen molar-refractivity contribution in [1.82, 2.24) is 24.1 Å². The van der Waals surface area contributed by atoms with Crippen LogP contribution >= 0.6 is 11.6 Å². The number of carbonyl (C=O) groups is 2. The fourth-order valence-electron chi connectivity index (χ4n) is 5.92. The molecule has 260 valence electrons. The third-order valence-corrected chi connectivity index (χ3v) is 8.55. The molecule has 2 aliphatic rings. The molecule has 2 aromatic carbocycles. The number of hydrogen-bond donors (Lipinski definition) is 1. The highest BCUT2D eigenvalue weighted by Crippen LogP contribution is 2.34. The first kappa shape index (κ1) is 34.1. The van der Waals surface area contributed by atoms with Crippen molar-refractivity contribution in [2.75, 3.05) is 43.0 Å². The van der Waals surface area contributed by atoms with Crippen LogP contribution in [-0.4, -0.2) is 74.5 Å². The number of alkyl halides is 3. The summed E-state index contributed by atoms with van der Waals surface area (Å²) in [5.41, 5.74) is 0.387. The van der Waals surface area contributed by atoms with Crippen LogP contribution in [-0.2, 0) is 35.1 Å². The summed E-state index contributed by atoms with van der Waals surface area (Å²) >= 11 is 6.12. The van der Waals surface area contributed by atoms with Gasteiger partial charge >= 0.3 is 12.3 Å². The average molecular weight is 702 g/mol. The number of carbonyl (C=O) groups excluding carboxylic acids is 2. The number of anilines is 2. The SMILES string of the molecule is CCc1c(N2CCN(C(=O)OC(C)(C)C)CC2)c(=O)n2nc(-c3ccc4c(c3)OCC4)nc2n1CC(=O)Nc1ccc(C(F)(F)F)cc1Cl. The van der Waals surface area contributed by atoms with Gasteiger partial charge in [0, 0.05) is 38.2 Å². The van der Waals surface area contributed by atoms with Crippen molar-refractivity contribution in [3.63, 3.8) is 0 Å². The van der Waals surface area contributed by atoms with Gasteiger partial charge in [0.15, 0.2) is 5.82 Å². The molecule has 0 radical (unpaired) electrons. The Balaban J connectivity index is 1.38. The van der Waals surface area contributed by atoms with E-state index in [9.17, 15) is 27.6 Å². The first-order valence-corrected chi connectivity index (χ1v) is 16.2. The van der Waals surface area contributed by atoms with E-state index in [1.807, 2.05) is 30.0 Å². The molecule has 2 amide bonds. The molecule has 0 atom stereocenters. The third-order valence-electron chi connectivity index (χ3n) is 8.23. The van der Waals surface area contributed by atoms with E-state index in [0.717, 1.165) is 34.7 Å². The lowest BCUT2D eigenvalue weighted by molar-refractivity contribution is -0.137. The van der Waals surface area contributed by atoms with Crippen molar-refractivity contribution in [2.24, 2.45) is 0 Å². The van der Waals surface area contributed by atoms with Gasteiger partial charge in [-0.25, -0.2) is 4.79 Å². The zero-order valence-electron chi connectivity index (χ0n) is 27.4. The highest BCUT2D eigenvalue weighted by atomic mass is 35.5. The molecule has 0 saturated carbocycles. The Hall–Kier alpha value is -4.79. The summed E-state index contributed by atoms with van der Waals surface area (Å²) in [6.45, 7) is 8.60. The molecule has 2 aromatic heterocycles. The second kappa shape index (κ2) is 12.9. The number of rotatable bonds is 6. The number of piperazine rings is 1. The molecule has 16 heteroatoms. The number of nitrogens with zero attached hydrogens (tertiary/aromatic N) is 6. The van der Waals surface area contributed by atoms with Gasteiger partial charge in [-0.15, -0.1) is 5.10 Å². The minimum absolute atomic E-state index is 0.00596. The van der Waals surface area contributed by atoms with Crippen LogP contribution in [0.15, 0.2) is 41.2 Å². The zero-order valence-corrected chi connectivity index (χ0v) is 28.1. The van der Waals surface area contributed by atoms with Crippen LogP contribution in [0.3, 0.4) is 0 Å². The van der Waals surface area contributed by atoms with Crippen molar-refractivity contribution in [3.8, 4) is 17.1 Å². The number of ether oxygens (including phenoxy) is 2. The Morgan fingerprint density at radius 2 is 1.80 bits per heavy atom. The van der Waals surface area contributed by atoms with Crippen LogP contribution in [0.5, 0.6) is 5.75 Å². The monoisotopic (exact) mass is 701 g/mol. The Morgan fingerprint density at radius 1 is 1.06 bits per heavy atom. The van der Waals surface area contributed by atoms with Crippen LogP contribution < -0.4 is 20.5 Å².